The summed E-state index contributed by atoms with van der Waals surface area (Å²) in [6.45, 7) is 5.87. The van der Waals surface area contributed by atoms with Crippen LogP contribution in [-0.2, 0) is 13.2 Å². The zero-order chi connectivity index (χ0) is 20.1. The fourth-order valence-electron chi connectivity index (χ4n) is 2.97. The van der Waals surface area contributed by atoms with Crippen LogP contribution in [0.4, 0.5) is 13.2 Å². The molecular formula is C18H18ClF3N4O. The van der Waals surface area contributed by atoms with Crippen molar-refractivity contribution in [2.75, 3.05) is 0 Å². The molecule has 0 amide bonds. The Kier molecular flexibility index (Phi) is 4.80. The molecule has 9 heteroatoms. The molecule has 1 unspecified atom stereocenters. The van der Waals surface area contributed by atoms with Crippen molar-refractivity contribution in [1.29, 1.82) is 0 Å². The Morgan fingerprint density at radius 3 is 2.52 bits per heavy atom. The molecule has 3 rings (SSSR count). The molecule has 0 radical (unpaired) electrons. The quantitative estimate of drug-likeness (QED) is 0.648. The second kappa shape index (κ2) is 6.67. The first-order valence-corrected chi connectivity index (χ1v) is 8.76. The third kappa shape index (κ3) is 3.22. The summed E-state index contributed by atoms with van der Waals surface area (Å²) in [4.78, 5) is 16.8. The van der Waals surface area contributed by atoms with E-state index in [0.29, 0.717) is 11.7 Å². The lowest BCUT2D eigenvalue weighted by Gasteiger charge is -2.13. The molecule has 3 heterocycles. The molecule has 0 spiro atoms. The molecule has 0 bridgehead atoms. The molecule has 0 aliphatic heterocycles. The first-order chi connectivity index (χ1) is 12.6. The summed E-state index contributed by atoms with van der Waals surface area (Å²) in [5, 5.41) is 4.22. The van der Waals surface area contributed by atoms with E-state index < -0.39 is 11.7 Å². The second-order valence-corrected chi connectivity index (χ2v) is 6.96. The number of halogens is 4. The van der Waals surface area contributed by atoms with E-state index in [4.69, 9.17) is 11.6 Å². The van der Waals surface area contributed by atoms with E-state index in [2.05, 4.69) is 10.1 Å². The zero-order valence-corrected chi connectivity index (χ0v) is 16.0. The third-order valence-corrected chi connectivity index (χ3v) is 5.02. The molecule has 27 heavy (non-hydrogen) atoms. The van der Waals surface area contributed by atoms with Crippen LogP contribution in [0, 0.1) is 6.92 Å². The van der Waals surface area contributed by atoms with Gasteiger partial charge in [0.25, 0.3) is 5.56 Å². The summed E-state index contributed by atoms with van der Waals surface area (Å²) in [5.74, 6) is 0.266. The van der Waals surface area contributed by atoms with Crippen molar-refractivity contribution >= 4 is 17.1 Å². The van der Waals surface area contributed by atoms with E-state index in [0.717, 1.165) is 23.7 Å². The van der Waals surface area contributed by atoms with Gasteiger partial charge in [0.2, 0.25) is 0 Å². The number of aromatic nitrogens is 4. The summed E-state index contributed by atoms with van der Waals surface area (Å²) in [6.07, 6.45) is -3.01. The van der Waals surface area contributed by atoms with Crippen molar-refractivity contribution in [2.24, 2.45) is 7.05 Å². The molecule has 144 valence electrons. The normalized spacial score (nSPS) is 13.3. The van der Waals surface area contributed by atoms with Gasteiger partial charge < -0.3 is 0 Å². The van der Waals surface area contributed by atoms with Gasteiger partial charge in [0.15, 0.2) is 5.82 Å². The maximum absolute atomic E-state index is 13.0. The predicted molar refractivity (Wildman–Crippen MR) is 97.1 cm³/mol. The lowest BCUT2D eigenvalue weighted by Crippen LogP contribution is -2.24. The number of pyridine rings is 1. The van der Waals surface area contributed by atoms with Crippen LogP contribution in [-0.4, -0.2) is 19.2 Å². The Labute approximate surface area is 158 Å². The fourth-order valence-corrected chi connectivity index (χ4v) is 3.22. The highest BCUT2D eigenvalue weighted by molar-refractivity contribution is 6.32. The maximum Gasteiger partial charge on any atom is 0.417 e. The van der Waals surface area contributed by atoms with Crippen LogP contribution < -0.4 is 5.56 Å². The van der Waals surface area contributed by atoms with Crippen molar-refractivity contribution in [1.82, 2.24) is 19.2 Å². The molecule has 0 N–H and O–H groups in total. The summed E-state index contributed by atoms with van der Waals surface area (Å²) < 4.78 is 41.3. The molecule has 0 aromatic carbocycles. The van der Waals surface area contributed by atoms with Gasteiger partial charge in [0, 0.05) is 18.9 Å². The number of rotatable bonds is 3. The summed E-state index contributed by atoms with van der Waals surface area (Å²) >= 11 is 6.04. The van der Waals surface area contributed by atoms with Crippen LogP contribution in [0.5, 0.6) is 0 Å². The van der Waals surface area contributed by atoms with Gasteiger partial charge in [-0.2, -0.15) is 13.2 Å². The molecule has 1 atom stereocenters. The lowest BCUT2D eigenvalue weighted by atomic mass is 10.00. The number of hydrogen-bond acceptors (Lipinski definition) is 3. The van der Waals surface area contributed by atoms with E-state index in [1.165, 1.54) is 16.1 Å². The van der Waals surface area contributed by atoms with Crippen molar-refractivity contribution < 1.29 is 13.2 Å². The Hall–Kier alpha value is -2.35. The topological polar surface area (TPSA) is 52.2 Å². The van der Waals surface area contributed by atoms with E-state index >= 15 is 0 Å². The Balaban J connectivity index is 2.27. The van der Waals surface area contributed by atoms with Gasteiger partial charge in [-0.25, -0.2) is 4.52 Å². The number of nitrogens with zero attached hydrogens (tertiary/aromatic N) is 4. The van der Waals surface area contributed by atoms with E-state index in [-0.39, 0.29) is 28.0 Å². The molecule has 0 fully saturated rings. The molecule has 3 aromatic rings. The Morgan fingerprint density at radius 2 is 1.96 bits per heavy atom. The van der Waals surface area contributed by atoms with E-state index in [9.17, 15) is 18.0 Å². The predicted octanol–water partition coefficient (Wildman–Crippen LogP) is 4.59. The largest absolute Gasteiger partial charge is 0.417 e. The summed E-state index contributed by atoms with van der Waals surface area (Å²) in [6, 6.07) is 2.69. The minimum atomic E-state index is -4.55. The van der Waals surface area contributed by atoms with Crippen LogP contribution in [0.25, 0.3) is 17.0 Å². The van der Waals surface area contributed by atoms with Crippen LogP contribution in [0.1, 0.15) is 43.0 Å². The van der Waals surface area contributed by atoms with Crippen LogP contribution in [0.2, 0.25) is 5.02 Å². The van der Waals surface area contributed by atoms with Gasteiger partial charge in [-0.3, -0.25) is 14.3 Å². The second-order valence-electron chi connectivity index (χ2n) is 6.55. The van der Waals surface area contributed by atoms with E-state index in [1.807, 2.05) is 26.8 Å². The van der Waals surface area contributed by atoms with Gasteiger partial charge in [0.1, 0.15) is 11.2 Å². The lowest BCUT2D eigenvalue weighted by molar-refractivity contribution is -0.137. The third-order valence-electron chi connectivity index (χ3n) is 4.73. The maximum atomic E-state index is 13.0. The highest BCUT2D eigenvalue weighted by Gasteiger charge is 2.32. The molecule has 0 saturated carbocycles. The van der Waals surface area contributed by atoms with Crippen LogP contribution in [0.3, 0.4) is 0 Å². The number of hydrogen-bond donors (Lipinski definition) is 0. The van der Waals surface area contributed by atoms with E-state index in [1.54, 1.807) is 0 Å². The Morgan fingerprint density at radius 1 is 1.30 bits per heavy atom. The van der Waals surface area contributed by atoms with Gasteiger partial charge in [-0.15, -0.1) is 5.10 Å². The molecule has 0 saturated heterocycles. The van der Waals surface area contributed by atoms with Crippen LogP contribution in [0.15, 0.2) is 23.1 Å². The first kappa shape index (κ1) is 19.4. The van der Waals surface area contributed by atoms with Crippen molar-refractivity contribution in [3.05, 3.63) is 50.5 Å². The monoisotopic (exact) mass is 398 g/mol. The molecule has 0 aliphatic rings. The average molecular weight is 399 g/mol. The number of fused-ring (bicyclic) bond motifs is 1. The zero-order valence-electron chi connectivity index (χ0n) is 15.2. The van der Waals surface area contributed by atoms with Crippen molar-refractivity contribution in [2.45, 2.75) is 39.3 Å². The first-order valence-electron chi connectivity index (χ1n) is 8.38. The van der Waals surface area contributed by atoms with Crippen LogP contribution >= 0.6 is 11.6 Å². The smallest absolute Gasteiger partial charge is 0.291 e. The fraction of sp³-hybridized carbons (Fsp3) is 0.389. The summed E-state index contributed by atoms with van der Waals surface area (Å²) in [5.41, 5.74) is 0.851. The van der Waals surface area contributed by atoms with Crippen molar-refractivity contribution in [3.8, 4) is 11.5 Å². The standard InChI is InChI=1S/C18H18ClF3N4O/c1-5-9(2)12-6-10(3)26-15(12)17(27)25(4)16(24-26)14-13(19)7-11(8-23-14)18(20,21)22/h6-9H,5H2,1-4H3. The SMILES string of the molecule is CCC(C)c1cc(C)n2nc(-c3ncc(C(F)(F)F)cc3Cl)n(C)c(=O)c12. The van der Waals surface area contributed by atoms with Crippen molar-refractivity contribution in [3.63, 3.8) is 0 Å². The van der Waals surface area contributed by atoms with Gasteiger partial charge in [-0.05, 0) is 37.0 Å². The van der Waals surface area contributed by atoms with Gasteiger partial charge >= 0.3 is 6.18 Å². The molecule has 3 aromatic heterocycles. The highest BCUT2D eigenvalue weighted by atomic mass is 35.5. The van der Waals surface area contributed by atoms with Gasteiger partial charge in [0.05, 0.1) is 10.6 Å². The molecule has 5 nitrogen and oxygen atoms in total. The minimum Gasteiger partial charge on any atom is -0.291 e. The number of alkyl halides is 3. The number of aryl methyl sites for hydroxylation is 1. The Bertz CT molecular complexity index is 1080. The summed E-state index contributed by atoms with van der Waals surface area (Å²) in [7, 11) is 1.50. The average Bonchev–Trinajstić information content (AvgIpc) is 2.93. The molecule has 0 aliphatic carbocycles. The van der Waals surface area contributed by atoms with Gasteiger partial charge in [-0.1, -0.05) is 25.4 Å². The highest BCUT2D eigenvalue weighted by Crippen LogP contribution is 2.33. The minimum absolute atomic E-state index is 0.0179. The molecular weight excluding hydrogens is 381 g/mol.